The predicted octanol–water partition coefficient (Wildman–Crippen LogP) is 0.645. The van der Waals surface area contributed by atoms with E-state index in [1.807, 2.05) is 0 Å². The Labute approximate surface area is 106 Å². The average Bonchev–Trinajstić information content (AvgIpc) is 2.40. The largest absolute Gasteiger partial charge is 0.378 e. The van der Waals surface area contributed by atoms with Gasteiger partial charge in [0.05, 0.1) is 30.2 Å². The van der Waals surface area contributed by atoms with Crippen LogP contribution >= 0.6 is 0 Å². The SMILES string of the molecule is N#CCS(=O)(=O)c1ccc([C@@H]2COCCN2)cc1. The molecule has 0 aliphatic carbocycles. The molecule has 18 heavy (non-hydrogen) atoms. The molecule has 1 aliphatic rings. The van der Waals surface area contributed by atoms with Crippen molar-refractivity contribution in [3.63, 3.8) is 0 Å². The van der Waals surface area contributed by atoms with Crippen molar-refractivity contribution in [3.05, 3.63) is 29.8 Å². The van der Waals surface area contributed by atoms with Crippen molar-refractivity contribution in [2.24, 2.45) is 0 Å². The van der Waals surface area contributed by atoms with Crippen molar-refractivity contribution < 1.29 is 13.2 Å². The van der Waals surface area contributed by atoms with Crippen LogP contribution in [0.5, 0.6) is 0 Å². The summed E-state index contributed by atoms with van der Waals surface area (Å²) in [4.78, 5) is 0.185. The highest BCUT2D eigenvalue weighted by Crippen LogP contribution is 2.19. The molecule has 1 heterocycles. The molecule has 1 saturated heterocycles. The molecule has 1 aromatic rings. The summed E-state index contributed by atoms with van der Waals surface area (Å²) < 4.78 is 28.7. The summed E-state index contributed by atoms with van der Waals surface area (Å²) in [5.74, 6) is -0.489. The van der Waals surface area contributed by atoms with Gasteiger partial charge in [-0.25, -0.2) is 8.42 Å². The van der Waals surface area contributed by atoms with Crippen LogP contribution in [0.1, 0.15) is 11.6 Å². The standard InChI is InChI=1S/C12H14N2O3S/c13-5-8-18(15,16)11-3-1-10(2-4-11)12-9-17-7-6-14-12/h1-4,12,14H,6-9H2/t12-/m0/s1. The van der Waals surface area contributed by atoms with Crippen LogP contribution in [0.15, 0.2) is 29.2 Å². The summed E-state index contributed by atoms with van der Waals surface area (Å²) in [5, 5.41) is 11.8. The zero-order valence-corrected chi connectivity index (χ0v) is 10.6. The molecule has 5 nitrogen and oxygen atoms in total. The number of nitrogens with zero attached hydrogens (tertiary/aromatic N) is 1. The number of sulfone groups is 1. The van der Waals surface area contributed by atoms with Gasteiger partial charge >= 0.3 is 0 Å². The number of ether oxygens (including phenoxy) is 1. The molecule has 0 spiro atoms. The van der Waals surface area contributed by atoms with Crippen LogP contribution in [0.2, 0.25) is 0 Å². The molecule has 96 valence electrons. The van der Waals surface area contributed by atoms with Gasteiger partial charge in [0.25, 0.3) is 0 Å². The van der Waals surface area contributed by atoms with Gasteiger partial charge in [-0.2, -0.15) is 5.26 Å². The van der Waals surface area contributed by atoms with Crippen molar-refractivity contribution in [1.82, 2.24) is 5.32 Å². The van der Waals surface area contributed by atoms with Gasteiger partial charge in [-0.05, 0) is 17.7 Å². The Morgan fingerprint density at radius 1 is 1.39 bits per heavy atom. The smallest absolute Gasteiger partial charge is 0.191 e. The quantitative estimate of drug-likeness (QED) is 0.868. The van der Waals surface area contributed by atoms with E-state index >= 15 is 0 Å². The second kappa shape index (κ2) is 5.48. The average molecular weight is 266 g/mol. The summed E-state index contributed by atoms with van der Waals surface area (Å²) in [5.41, 5.74) is 0.991. The molecule has 1 fully saturated rings. The van der Waals surface area contributed by atoms with Crippen LogP contribution < -0.4 is 5.32 Å². The summed E-state index contributed by atoms with van der Waals surface area (Å²) in [6.45, 7) is 2.08. The van der Waals surface area contributed by atoms with Crippen LogP contribution in [-0.4, -0.2) is 33.9 Å². The molecule has 1 aliphatic heterocycles. The number of hydrogen-bond donors (Lipinski definition) is 1. The van der Waals surface area contributed by atoms with Crippen LogP contribution in [0.25, 0.3) is 0 Å². The molecule has 0 amide bonds. The molecular weight excluding hydrogens is 252 g/mol. The van der Waals surface area contributed by atoms with Crippen molar-refractivity contribution in [3.8, 4) is 6.07 Å². The van der Waals surface area contributed by atoms with E-state index in [1.165, 1.54) is 12.1 Å². The maximum atomic E-state index is 11.7. The molecule has 0 aromatic heterocycles. The maximum absolute atomic E-state index is 11.7. The van der Waals surface area contributed by atoms with E-state index in [1.54, 1.807) is 18.2 Å². The third kappa shape index (κ3) is 2.88. The van der Waals surface area contributed by atoms with Crippen molar-refractivity contribution in [1.29, 1.82) is 5.26 Å². The summed E-state index contributed by atoms with van der Waals surface area (Å²) in [6, 6.07) is 8.37. The van der Waals surface area contributed by atoms with Crippen molar-refractivity contribution in [2.45, 2.75) is 10.9 Å². The number of rotatable bonds is 3. The number of morpholine rings is 1. The molecule has 2 rings (SSSR count). The predicted molar refractivity (Wildman–Crippen MR) is 65.7 cm³/mol. The number of nitrogens with one attached hydrogen (secondary N) is 1. The second-order valence-corrected chi connectivity index (χ2v) is 6.06. The second-order valence-electron chi connectivity index (χ2n) is 4.07. The monoisotopic (exact) mass is 266 g/mol. The number of hydrogen-bond acceptors (Lipinski definition) is 5. The normalized spacial score (nSPS) is 20.3. The molecule has 1 atom stereocenters. The number of benzene rings is 1. The lowest BCUT2D eigenvalue weighted by Gasteiger charge is -2.24. The lowest BCUT2D eigenvalue weighted by molar-refractivity contribution is 0.0769. The van der Waals surface area contributed by atoms with Gasteiger partial charge in [0.2, 0.25) is 0 Å². The molecule has 1 N–H and O–H groups in total. The first-order chi connectivity index (χ1) is 8.63. The van der Waals surface area contributed by atoms with Gasteiger partial charge in [0.1, 0.15) is 5.75 Å². The van der Waals surface area contributed by atoms with Crippen LogP contribution in [0.4, 0.5) is 0 Å². The van der Waals surface area contributed by atoms with Gasteiger partial charge in [-0.1, -0.05) is 12.1 Å². The first-order valence-electron chi connectivity index (χ1n) is 5.64. The molecular formula is C12H14N2O3S. The van der Waals surface area contributed by atoms with E-state index in [2.05, 4.69) is 5.32 Å². The fourth-order valence-corrected chi connectivity index (χ4v) is 2.74. The zero-order chi connectivity index (χ0) is 13.0. The minimum atomic E-state index is -3.47. The van der Waals surface area contributed by atoms with E-state index in [0.717, 1.165) is 12.1 Å². The molecule has 0 radical (unpaired) electrons. The molecule has 0 saturated carbocycles. The highest BCUT2D eigenvalue weighted by atomic mass is 32.2. The molecule has 1 aromatic carbocycles. The lowest BCUT2D eigenvalue weighted by Crippen LogP contribution is -2.34. The van der Waals surface area contributed by atoms with Gasteiger partial charge in [-0.3, -0.25) is 0 Å². The lowest BCUT2D eigenvalue weighted by atomic mass is 10.1. The molecule has 0 unspecified atom stereocenters. The Hall–Kier alpha value is -1.42. The molecule has 0 bridgehead atoms. The first-order valence-corrected chi connectivity index (χ1v) is 7.29. The minimum Gasteiger partial charge on any atom is -0.378 e. The van der Waals surface area contributed by atoms with E-state index in [0.29, 0.717) is 13.2 Å². The van der Waals surface area contributed by atoms with Gasteiger partial charge in [0.15, 0.2) is 9.84 Å². The van der Waals surface area contributed by atoms with Crippen LogP contribution in [0, 0.1) is 11.3 Å². The van der Waals surface area contributed by atoms with Crippen LogP contribution in [-0.2, 0) is 14.6 Å². The fourth-order valence-electron chi connectivity index (χ4n) is 1.86. The first kappa shape index (κ1) is 13.0. The fraction of sp³-hybridized carbons (Fsp3) is 0.417. The minimum absolute atomic E-state index is 0.103. The zero-order valence-electron chi connectivity index (χ0n) is 9.80. The number of nitriles is 1. The topological polar surface area (TPSA) is 79.2 Å². The Kier molecular flexibility index (Phi) is 3.97. The van der Waals surface area contributed by atoms with E-state index in [9.17, 15) is 8.42 Å². The van der Waals surface area contributed by atoms with Gasteiger partial charge < -0.3 is 10.1 Å². The third-order valence-corrected chi connectivity index (χ3v) is 4.32. The Bertz CT molecular complexity index is 540. The Morgan fingerprint density at radius 2 is 2.11 bits per heavy atom. The Morgan fingerprint density at radius 3 is 2.67 bits per heavy atom. The highest BCUT2D eigenvalue weighted by Gasteiger charge is 2.17. The van der Waals surface area contributed by atoms with Gasteiger partial charge in [-0.15, -0.1) is 0 Å². The van der Waals surface area contributed by atoms with Crippen molar-refractivity contribution >= 4 is 9.84 Å². The van der Waals surface area contributed by atoms with Gasteiger partial charge in [0, 0.05) is 6.54 Å². The Balaban J connectivity index is 2.17. The van der Waals surface area contributed by atoms with Crippen LogP contribution in [0.3, 0.4) is 0 Å². The third-order valence-electron chi connectivity index (χ3n) is 2.82. The van der Waals surface area contributed by atoms with E-state index < -0.39 is 15.6 Å². The van der Waals surface area contributed by atoms with E-state index in [-0.39, 0.29) is 10.9 Å². The maximum Gasteiger partial charge on any atom is 0.191 e. The summed E-state index contributed by atoms with van der Waals surface area (Å²) >= 11 is 0. The molecule has 6 heteroatoms. The van der Waals surface area contributed by atoms with Crippen molar-refractivity contribution in [2.75, 3.05) is 25.5 Å². The van der Waals surface area contributed by atoms with E-state index in [4.69, 9.17) is 10.00 Å². The summed E-state index contributed by atoms with van der Waals surface area (Å²) in [6.07, 6.45) is 0. The summed E-state index contributed by atoms with van der Waals surface area (Å²) in [7, 11) is -3.47. The highest BCUT2D eigenvalue weighted by molar-refractivity contribution is 7.91.